The molecule has 0 aliphatic carbocycles. The number of nitrogens with zero attached hydrogens (tertiary/aromatic N) is 2. The van der Waals surface area contributed by atoms with Gasteiger partial charge in [-0.25, -0.2) is 9.97 Å². The number of benzene rings is 1. The molecule has 0 fully saturated rings. The van der Waals surface area contributed by atoms with E-state index in [9.17, 15) is 0 Å². The zero-order valence-corrected chi connectivity index (χ0v) is 12.1. The maximum Gasteiger partial charge on any atom is 0.145 e. The fraction of sp³-hybridized carbons (Fsp3) is 0.333. The molecule has 1 heterocycles. The lowest BCUT2D eigenvalue weighted by Crippen LogP contribution is -2.28. The highest BCUT2D eigenvalue weighted by Crippen LogP contribution is 2.28. The van der Waals surface area contributed by atoms with Crippen LogP contribution in [0.3, 0.4) is 0 Å². The molecule has 19 heavy (non-hydrogen) atoms. The van der Waals surface area contributed by atoms with Crippen molar-refractivity contribution < 1.29 is 0 Å². The van der Waals surface area contributed by atoms with Crippen molar-refractivity contribution in [3.8, 4) is 11.1 Å². The molecule has 0 radical (unpaired) electrons. The Morgan fingerprint density at radius 3 is 2.00 bits per heavy atom. The van der Waals surface area contributed by atoms with Gasteiger partial charge in [-0.3, -0.25) is 0 Å². The number of aromatic nitrogens is 2. The van der Waals surface area contributed by atoms with Crippen LogP contribution in [0.5, 0.6) is 0 Å². The first kappa shape index (κ1) is 14.0. The van der Waals surface area contributed by atoms with E-state index in [4.69, 9.17) is 17.3 Å². The van der Waals surface area contributed by atoms with Crippen LogP contribution in [0.25, 0.3) is 11.1 Å². The summed E-state index contributed by atoms with van der Waals surface area (Å²) in [6.45, 7) is 6.23. The van der Waals surface area contributed by atoms with Gasteiger partial charge in [-0.05, 0) is 23.1 Å². The predicted molar refractivity (Wildman–Crippen MR) is 78.9 cm³/mol. The molecular weight excluding hydrogens is 258 g/mol. The van der Waals surface area contributed by atoms with Gasteiger partial charge in [-0.1, -0.05) is 44.5 Å². The fourth-order valence-corrected chi connectivity index (χ4v) is 1.80. The van der Waals surface area contributed by atoms with Gasteiger partial charge in [0, 0.05) is 23.0 Å². The summed E-state index contributed by atoms with van der Waals surface area (Å²) in [5.74, 6) is 0.671. The summed E-state index contributed by atoms with van der Waals surface area (Å²) in [4.78, 5) is 8.75. The minimum absolute atomic E-state index is 0.0538. The second kappa shape index (κ2) is 5.27. The molecule has 0 aliphatic heterocycles. The Morgan fingerprint density at radius 1 is 1.00 bits per heavy atom. The van der Waals surface area contributed by atoms with Crippen LogP contribution >= 0.6 is 11.6 Å². The maximum absolute atomic E-state index is 6.14. The fourth-order valence-electron chi connectivity index (χ4n) is 1.68. The number of halogens is 1. The number of hydrogen-bond acceptors (Lipinski definition) is 3. The Bertz CT molecular complexity index is 541. The lowest BCUT2D eigenvalue weighted by molar-refractivity contribution is 0.315. The Kier molecular flexibility index (Phi) is 3.88. The van der Waals surface area contributed by atoms with E-state index in [2.05, 4.69) is 30.7 Å². The smallest absolute Gasteiger partial charge is 0.145 e. The molecule has 0 saturated heterocycles. The van der Waals surface area contributed by atoms with Gasteiger partial charge in [-0.2, -0.15) is 0 Å². The van der Waals surface area contributed by atoms with Crippen molar-refractivity contribution in [3.63, 3.8) is 0 Å². The first-order chi connectivity index (χ1) is 8.88. The van der Waals surface area contributed by atoms with Crippen molar-refractivity contribution in [3.05, 3.63) is 47.5 Å². The van der Waals surface area contributed by atoms with E-state index in [1.54, 1.807) is 12.4 Å². The first-order valence-electron chi connectivity index (χ1n) is 6.21. The lowest BCUT2D eigenvalue weighted by atomic mass is 9.87. The summed E-state index contributed by atoms with van der Waals surface area (Å²) >= 11 is 5.87. The molecule has 1 atom stereocenters. The minimum atomic E-state index is -0.174. The Hall–Kier alpha value is -1.45. The van der Waals surface area contributed by atoms with Gasteiger partial charge < -0.3 is 5.73 Å². The van der Waals surface area contributed by atoms with Crippen LogP contribution in [0.1, 0.15) is 32.6 Å². The second-order valence-corrected chi connectivity index (χ2v) is 6.12. The van der Waals surface area contributed by atoms with Gasteiger partial charge in [0.15, 0.2) is 0 Å². The van der Waals surface area contributed by atoms with Crippen molar-refractivity contribution in [2.24, 2.45) is 11.1 Å². The van der Waals surface area contributed by atoms with E-state index in [0.717, 1.165) is 16.1 Å². The molecule has 0 aliphatic rings. The summed E-state index contributed by atoms with van der Waals surface area (Å²) in [5, 5.41) is 0.719. The van der Waals surface area contributed by atoms with Crippen molar-refractivity contribution in [2.75, 3.05) is 0 Å². The van der Waals surface area contributed by atoms with Gasteiger partial charge in [0.2, 0.25) is 0 Å². The van der Waals surface area contributed by atoms with E-state index in [1.807, 2.05) is 24.3 Å². The van der Waals surface area contributed by atoms with Crippen LogP contribution in [-0.2, 0) is 0 Å². The van der Waals surface area contributed by atoms with E-state index in [1.165, 1.54) is 0 Å². The molecule has 2 rings (SSSR count). The van der Waals surface area contributed by atoms with E-state index in [0.29, 0.717) is 5.82 Å². The Labute approximate surface area is 118 Å². The highest BCUT2D eigenvalue weighted by molar-refractivity contribution is 6.30. The minimum Gasteiger partial charge on any atom is -0.321 e. The van der Waals surface area contributed by atoms with Crippen LogP contribution in [0, 0.1) is 5.41 Å². The molecule has 2 aromatic rings. The third kappa shape index (κ3) is 3.31. The van der Waals surface area contributed by atoms with Crippen molar-refractivity contribution in [1.82, 2.24) is 9.97 Å². The predicted octanol–water partition coefficient (Wildman–Crippen LogP) is 3.84. The maximum atomic E-state index is 6.14. The second-order valence-electron chi connectivity index (χ2n) is 5.68. The lowest BCUT2D eigenvalue weighted by Gasteiger charge is -2.25. The van der Waals surface area contributed by atoms with E-state index < -0.39 is 0 Å². The normalized spacial score (nSPS) is 13.3. The number of hydrogen-bond donors (Lipinski definition) is 1. The van der Waals surface area contributed by atoms with Crippen LogP contribution in [0.15, 0.2) is 36.7 Å². The third-order valence-electron chi connectivity index (χ3n) is 3.06. The molecule has 0 bridgehead atoms. The third-order valence-corrected chi connectivity index (χ3v) is 3.31. The van der Waals surface area contributed by atoms with Gasteiger partial charge in [0.05, 0.1) is 6.04 Å². The molecule has 1 aromatic carbocycles. The number of nitrogens with two attached hydrogens (primary N) is 1. The summed E-state index contributed by atoms with van der Waals surface area (Å²) < 4.78 is 0. The van der Waals surface area contributed by atoms with Gasteiger partial charge in [0.1, 0.15) is 5.82 Å². The summed E-state index contributed by atoms with van der Waals surface area (Å²) in [6, 6.07) is 7.43. The van der Waals surface area contributed by atoms with Gasteiger partial charge >= 0.3 is 0 Å². The zero-order chi connectivity index (χ0) is 14.0. The first-order valence-corrected chi connectivity index (χ1v) is 6.59. The molecule has 2 N–H and O–H groups in total. The molecule has 100 valence electrons. The molecular formula is C15H18ClN3. The molecule has 1 aromatic heterocycles. The highest BCUT2D eigenvalue weighted by atomic mass is 35.5. The summed E-state index contributed by atoms with van der Waals surface area (Å²) in [5.41, 5.74) is 8.09. The average molecular weight is 276 g/mol. The Morgan fingerprint density at radius 2 is 1.53 bits per heavy atom. The molecule has 4 heteroatoms. The van der Waals surface area contributed by atoms with E-state index >= 15 is 0 Å². The molecule has 0 spiro atoms. The van der Waals surface area contributed by atoms with Gasteiger partial charge in [0.25, 0.3) is 0 Å². The molecule has 1 unspecified atom stereocenters. The number of rotatable bonds is 2. The van der Waals surface area contributed by atoms with Crippen LogP contribution < -0.4 is 5.73 Å². The highest BCUT2D eigenvalue weighted by Gasteiger charge is 2.24. The Balaban J connectivity index is 2.26. The topological polar surface area (TPSA) is 51.8 Å². The largest absolute Gasteiger partial charge is 0.321 e. The SMILES string of the molecule is CC(C)(C)C(N)c1ncc(-c2ccc(Cl)cc2)cn1. The van der Waals surface area contributed by atoms with Crippen LogP contribution in [-0.4, -0.2) is 9.97 Å². The van der Waals surface area contributed by atoms with Gasteiger partial charge in [-0.15, -0.1) is 0 Å². The van der Waals surface area contributed by atoms with Crippen molar-refractivity contribution >= 4 is 11.6 Å². The molecule has 3 nitrogen and oxygen atoms in total. The van der Waals surface area contributed by atoms with E-state index in [-0.39, 0.29) is 11.5 Å². The summed E-state index contributed by atoms with van der Waals surface area (Å²) in [7, 11) is 0. The van der Waals surface area contributed by atoms with Crippen LogP contribution in [0.4, 0.5) is 0 Å². The monoisotopic (exact) mass is 275 g/mol. The zero-order valence-electron chi connectivity index (χ0n) is 11.4. The van der Waals surface area contributed by atoms with Crippen LogP contribution in [0.2, 0.25) is 5.02 Å². The average Bonchev–Trinajstić information content (AvgIpc) is 2.38. The molecule has 0 saturated carbocycles. The van der Waals surface area contributed by atoms with Crippen molar-refractivity contribution in [2.45, 2.75) is 26.8 Å². The quantitative estimate of drug-likeness (QED) is 0.906. The summed E-state index contributed by atoms with van der Waals surface area (Å²) in [6.07, 6.45) is 3.61. The standard InChI is InChI=1S/C15H18ClN3/c1-15(2,3)13(17)14-18-8-11(9-19-14)10-4-6-12(16)7-5-10/h4-9,13H,17H2,1-3H3. The van der Waals surface area contributed by atoms with Crippen molar-refractivity contribution in [1.29, 1.82) is 0 Å². The molecule has 0 amide bonds.